The van der Waals surface area contributed by atoms with E-state index in [-0.39, 0.29) is 18.0 Å². The molecule has 0 aliphatic carbocycles. The average molecular weight is 300 g/mol. The summed E-state index contributed by atoms with van der Waals surface area (Å²) < 4.78 is 31.9. The molecule has 2 atom stereocenters. The van der Waals surface area contributed by atoms with Crippen molar-refractivity contribution in [2.45, 2.75) is 37.5 Å². The predicted octanol–water partition coefficient (Wildman–Crippen LogP) is 4.22. The molecule has 20 heavy (non-hydrogen) atoms. The van der Waals surface area contributed by atoms with Crippen molar-refractivity contribution >= 4 is 18.6 Å². The van der Waals surface area contributed by atoms with Gasteiger partial charge in [-0.1, -0.05) is 19.1 Å². The van der Waals surface area contributed by atoms with Gasteiger partial charge in [0.1, 0.15) is 17.7 Å². The van der Waals surface area contributed by atoms with Crippen LogP contribution in [0, 0.1) is 11.6 Å². The molecule has 0 aliphatic heterocycles. The van der Waals surface area contributed by atoms with Crippen LogP contribution in [0.15, 0.2) is 30.9 Å². The Labute approximate surface area is 123 Å². The third-order valence-electron chi connectivity index (χ3n) is 2.86. The first kappa shape index (κ1) is 16.7. The zero-order chi connectivity index (χ0) is 15.1. The van der Waals surface area contributed by atoms with Crippen LogP contribution in [0.2, 0.25) is 0 Å². The standard InChI is InChI=1S/C15H18F2O2S/c1-3-5-6-13(19-14(18)4-2)15(20)11-8-7-10(16)9-12(11)17/h3,7-9,13,15,20H,1,4-6H2,2H3. The largest absolute Gasteiger partial charge is 0.461 e. The summed E-state index contributed by atoms with van der Waals surface area (Å²) in [6, 6.07) is 3.28. The number of rotatable bonds is 7. The SMILES string of the molecule is C=CCCC(OC(=O)CC)C(S)c1ccc(F)cc1F. The van der Waals surface area contributed by atoms with Crippen LogP contribution in [0.5, 0.6) is 0 Å². The van der Waals surface area contributed by atoms with Gasteiger partial charge in [0.15, 0.2) is 0 Å². The Hall–Kier alpha value is -1.36. The summed E-state index contributed by atoms with van der Waals surface area (Å²) in [4.78, 5) is 11.4. The van der Waals surface area contributed by atoms with Crippen molar-refractivity contribution in [3.63, 3.8) is 0 Å². The summed E-state index contributed by atoms with van der Waals surface area (Å²) in [7, 11) is 0. The Kier molecular flexibility index (Phi) is 6.71. The van der Waals surface area contributed by atoms with Gasteiger partial charge in [-0.05, 0) is 18.9 Å². The Morgan fingerprint density at radius 2 is 2.20 bits per heavy atom. The number of esters is 1. The molecular weight excluding hydrogens is 282 g/mol. The van der Waals surface area contributed by atoms with Gasteiger partial charge in [0.25, 0.3) is 0 Å². The fourth-order valence-corrected chi connectivity index (χ4v) is 2.18. The third kappa shape index (κ3) is 4.63. The minimum atomic E-state index is -0.693. The second kappa shape index (κ2) is 8.04. The van der Waals surface area contributed by atoms with Crippen molar-refractivity contribution in [2.24, 2.45) is 0 Å². The van der Waals surface area contributed by atoms with E-state index in [1.54, 1.807) is 13.0 Å². The summed E-state index contributed by atoms with van der Waals surface area (Å²) in [6.07, 6.45) is 2.44. The molecule has 2 nitrogen and oxygen atoms in total. The molecule has 0 heterocycles. The molecule has 0 saturated carbocycles. The fraction of sp³-hybridized carbons (Fsp3) is 0.400. The van der Waals surface area contributed by atoms with E-state index in [0.29, 0.717) is 12.8 Å². The third-order valence-corrected chi connectivity index (χ3v) is 3.47. The summed E-state index contributed by atoms with van der Waals surface area (Å²) in [5.74, 6) is -1.72. The molecule has 0 spiro atoms. The molecule has 0 radical (unpaired) electrons. The Bertz CT molecular complexity index is 477. The Balaban J connectivity index is 2.92. The quantitative estimate of drug-likeness (QED) is 0.463. The zero-order valence-electron chi connectivity index (χ0n) is 11.3. The van der Waals surface area contributed by atoms with Crippen molar-refractivity contribution in [1.29, 1.82) is 0 Å². The molecule has 0 N–H and O–H groups in total. The Morgan fingerprint density at radius 3 is 2.75 bits per heavy atom. The lowest BCUT2D eigenvalue weighted by molar-refractivity contribution is -0.149. The van der Waals surface area contributed by atoms with Gasteiger partial charge in [-0.25, -0.2) is 8.78 Å². The van der Waals surface area contributed by atoms with Gasteiger partial charge < -0.3 is 4.74 Å². The van der Waals surface area contributed by atoms with Gasteiger partial charge >= 0.3 is 5.97 Å². The molecule has 0 bridgehead atoms. The summed E-state index contributed by atoms with van der Waals surface area (Å²) in [5.41, 5.74) is 0.215. The predicted molar refractivity (Wildman–Crippen MR) is 77.7 cm³/mol. The molecule has 0 amide bonds. The highest BCUT2D eigenvalue weighted by Gasteiger charge is 2.25. The second-order valence-corrected chi connectivity index (χ2v) is 4.91. The van der Waals surface area contributed by atoms with Crippen LogP contribution in [0.3, 0.4) is 0 Å². The summed E-state index contributed by atoms with van der Waals surface area (Å²) in [5, 5.41) is -0.647. The lowest BCUT2D eigenvalue weighted by Crippen LogP contribution is -2.23. The number of allylic oxidation sites excluding steroid dienone is 1. The molecule has 5 heteroatoms. The fourth-order valence-electron chi connectivity index (χ4n) is 1.76. The van der Waals surface area contributed by atoms with Gasteiger partial charge in [-0.2, -0.15) is 12.6 Å². The van der Waals surface area contributed by atoms with Crippen LogP contribution in [-0.4, -0.2) is 12.1 Å². The van der Waals surface area contributed by atoms with Crippen molar-refractivity contribution in [1.82, 2.24) is 0 Å². The molecule has 1 rings (SSSR count). The number of benzene rings is 1. The monoisotopic (exact) mass is 300 g/mol. The first-order chi connectivity index (χ1) is 9.49. The van der Waals surface area contributed by atoms with Gasteiger partial charge in [0.2, 0.25) is 0 Å². The lowest BCUT2D eigenvalue weighted by atomic mass is 10.0. The van der Waals surface area contributed by atoms with Gasteiger partial charge in [-0.15, -0.1) is 6.58 Å². The maximum Gasteiger partial charge on any atom is 0.305 e. The number of carbonyl (C=O) groups excluding carboxylic acids is 1. The maximum absolute atomic E-state index is 13.8. The van der Waals surface area contributed by atoms with E-state index in [9.17, 15) is 13.6 Å². The van der Waals surface area contributed by atoms with Crippen LogP contribution in [0.4, 0.5) is 8.78 Å². The number of hydrogen-bond donors (Lipinski definition) is 1. The Morgan fingerprint density at radius 1 is 1.50 bits per heavy atom. The summed E-state index contributed by atoms with van der Waals surface area (Å²) >= 11 is 4.33. The van der Waals surface area contributed by atoms with E-state index in [1.807, 2.05) is 0 Å². The van der Waals surface area contributed by atoms with Crippen LogP contribution < -0.4 is 0 Å². The van der Waals surface area contributed by atoms with Crippen molar-refractivity contribution in [3.05, 3.63) is 48.1 Å². The minimum Gasteiger partial charge on any atom is -0.461 e. The molecule has 2 unspecified atom stereocenters. The van der Waals surface area contributed by atoms with E-state index in [0.717, 1.165) is 12.1 Å². The molecule has 0 aliphatic rings. The highest BCUT2D eigenvalue weighted by Crippen LogP contribution is 2.31. The summed E-state index contributed by atoms with van der Waals surface area (Å²) in [6.45, 7) is 5.28. The molecule has 1 aromatic carbocycles. The van der Waals surface area contributed by atoms with E-state index < -0.39 is 23.0 Å². The number of halogens is 2. The van der Waals surface area contributed by atoms with Gasteiger partial charge in [0.05, 0.1) is 5.25 Å². The van der Waals surface area contributed by atoms with Crippen LogP contribution in [0.25, 0.3) is 0 Å². The van der Waals surface area contributed by atoms with Crippen molar-refractivity contribution in [2.75, 3.05) is 0 Å². The molecular formula is C15H18F2O2S. The zero-order valence-corrected chi connectivity index (χ0v) is 12.2. The number of thiol groups is 1. The first-order valence-corrected chi connectivity index (χ1v) is 6.94. The smallest absolute Gasteiger partial charge is 0.305 e. The van der Waals surface area contributed by atoms with Crippen LogP contribution in [-0.2, 0) is 9.53 Å². The number of ether oxygens (including phenoxy) is 1. The van der Waals surface area contributed by atoms with Gasteiger partial charge in [0, 0.05) is 18.1 Å². The number of carbonyl (C=O) groups is 1. The molecule has 0 aromatic heterocycles. The molecule has 1 aromatic rings. The normalized spacial score (nSPS) is 13.6. The van der Waals surface area contributed by atoms with E-state index in [4.69, 9.17) is 4.74 Å². The molecule has 110 valence electrons. The highest BCUT2D eigenvalue weighted by molar-refractivity contribution is 7.80. The minimum absolute atomic E-state index is 0.215. The maximum atomic E-state index is 13.8. The van der Waals surface area contributed by atoms with E-state index in [1.165, 1.54) is 6.07 Å². The molecule has 0 fully saturated rings. The van der Waals surface area contributed by atoms with Crippen LogP contribution in [0.1, 0.15) is 37.0 Å². The first-order valence-electron chi connectivity index (χ1n) is 6.43. The second-order valence-electron chi connectivity index (χ2n) is 4.36. The van der Waals surface area contributed by atoms with Crippen LogP contribution >= 0.6 is 12.6 Å². The number of hydrogen-bond acceptors (Lipinski definition) is 3. The lowest BCUT2D eigenvalue weighted by Gasteiger charge is -2.23. The topological polar surface area (TPSA) is 26.3 Å². The van der Waals surface area contributed by atoms with E-state index in [2.05, 4.69) is 19.2 Å². The van der Waals surface area contributed by atoms with Crippen molar-refractivity contribution in [3.8, 4) is 0 Å². The average Bonchev–Trinajstić information content (AvgIpc) is 2.42. The highest BCUT2D eigenvalue weighted by atomic mass is 32.1. The van der Waals surface area contributed by atoms with E-state index >= 15 is 0 Å². The molecule has 0 saturated heterocycles. The van der Waals surface area contributed by atoms with Crippen molar-refractivity contribution < 1.29 is 18.3 Å². The van der Waals surface area contributed by atoms with Gasteiger partial charge in [-0.3, -0.25) is 4.79 Å².